The molecule has 0 saturated heterocycles. The molecule has 3 nitrogen and oxygen atoms in total. The summed E-state index contributed by atoms with van der Waals surface area (Å²) in [6.07, 6.45) is 2.05. The number of carbonyl (C=O) groups excluding carboxylic acids is 1. The normalized spacial score (nSPS) is 33.2. The maximum Gasteiger partial charge on any atom is 0.134 e. The van der Waals surface area contributed by atoms with Crippen molar-refractivity contribution in [3.8, 4) is 0 Å². The third-order valence-electron chi connectivity index (χ3n) is 1.98. The first kappa shape index (κ1) is 7.69. The van der Waals surface area contributed by atoms with E-state index in [1.807, 2.05) is 7.05 Å². The van der Waals surface area contributed by atoms with Gasteiger partial charge in [0.2, 0.25) is 0 Å². The minimum Gasteiger partial charge on any atom is -0.324 e. The first-order valence-corrected chi connectivity index (χ1v) is 3.61. The molecule has 1 unspecified atom stereocenters. The van der Waals surface area contributed by atoms with E-state index in [1.54, 1.807) is 0 Å². The molecule has 3 N–H and O–H groups in total. The van der Waals surface area contributed by atoms with Gasteiger partial charge in [0.25, 0.3) is 0 Å². The summed E-state index contributed by atoms with van der Waals surface area (Å²) in [7, 11) is 1.86. The van der Waals surface area contributed by atoms with Gasteiger partial charge >= 0.3 is 0 Å². The summed E-state index contributed by atoms with van der Waals surface area (Å²) >= 11 is 0. The van der Waals surface area contributed by atoms with Crippen molar-refractivity contribution in [2.24, 2.45) is 5.73 Å². The van der Waals surface area contributed by atoms with E-state index < -0.39 is 0 Å². The lowest BCUT2D eigenvalue weighted by Gasteiger charge is -2.21. The van der Waals surface area contributed by atoms with Gasteiger partial charge in [-0.25, -0.2) is 0 Å². The number of likely N-dealkylation sites (N-methyl/N-ethyl adjacent to an activating group) is 1. The second-order valence-electron chi connectivity index (χ2n) is 3.11. The lowest BCUT2D eigenvalue weighted by molar-refractivity contribution is -0.117. The molecule has 0 aliphatic heterocycles. The number of nitrogens with two attached hydrogens (primary N) is 1. The highest BCUT2D eigenvalue weighted by molar-refractivity contribution is 5.82. The molecule has 0 heterocycles. The Morgan fingerprint density at radius 3 is 2.90 bits per heavy atom. The first-order valence-electron chi connectivity index (χ1n) is 3.61. The van der Waals surface area contributed by atoms with Crippen LogP contribution in [-0.2, 0) is 4.79 Å². The van der Waals surface area contributed by atoms with E-state index >= 15 is 0 Å². The summed E-state index contributed by atoms with van der Waals surface area (Å²) in [6, 6.07) is 0. The smallest absolute Gasteiger partial charge is 0.134 e. The van der Waals surface area contributed by atoms with Crippen LogP contribution in [-0.4, -0.2) is 24.9 Å². The maximum absolute atomic E-state index is 10.8. The summed E-state index contributed by atoms with van der Waals surface area (Å²) in [5.41, 5.74) is 5.63. The lowest BCUT2D eigenvalue weighted by atomic mass is 10.00. The topological polar surface area (TPSA) is 55.1 Å². The van der Waals surface area contributed by atoms with Crippen LogP contribution in [0.2, 0.25) is 0 Å². The highest BCUT2D eigenvalue weighted by Gasteiger charge is 2.33. The standard InChI is InChI=1S/C7H14N2O/c1-9-5-7(8)3-2-6(10)4-7/h9H,2-5,8H2,1H3. The van der Waals surface area contributed by atoms with Gasteiger partial charge in [0.05, 0.1) is 0 Å². The van der Waals surface area contributed by atoms with Crippen LogP contribution in [0.4, 0.5) is 0 Å². The molecule has 10 heavy (non-hydrogen) atoms. The van der Waals surface area contributed by atoms with Gasteiger partial charge in [-0.05, 0) is 13.5 Å². The van der Waals surface area contributed by atoms with Crippen molar-refractivity contribution in [1.29, 1.82) is 0 Å². The number of nitrogens with one attached hydrogen (secondary N) is 1. The third kappa shape index (κ3) is 1.55. The molecule has 1 saturated carbocycles. The molecule has 0 aromatic carbocycles. The van der Waals surface area contributed by atoms with E-state index in [9.17, 15) is 4.79 Å². The Hall–Kier alpha value is -0.410. The first-order chi connectivity index (χ1) is 4.66. The van der Waals surface area contributed by atoms with E-state index in [4.69, 9.17) is 5.73 Å². The second-order valence-corrected chi connectivity index (χ2v) is 3.11. The van der Waals surface area contributed by atoms with Crippen molar-refractivity contribution in [1.82, 2.24) is 5.32 Å². The monoisotopic (exact) mass is 142 g/mol. The molecule has 1 aliphatic carbocycles. The SMILES string of the molecule is CNCC1(N)CCC(=O)C1. The third-order valence-corrected chi connectivity index (χ3v) is 1.98. The van der Waals surface area contributed by atoms with Crippen molar-refractivity contribution >= 4 is 5.78 Å². The van der Waals surface area contributed by atoms with Crippen LogP contribution in [0.25, 0.3) is 0 Å². The largest absolute Gasteiger partial charge is 0.324 e. The average molecular weight is 142 g/mol. The minimum absolute atomic E-state index is 0.244. The summed E-state index contributed by atoms with van der Waals surface area (Å²) in [4.78, 5) is 10.8. The number of hydrogen-bond donors (Lipinski definition) is 2. The number of carbonyl (C=O) groups is 1. The van der Waals surface area contributed by atoms with E-state index in [-0.39, 0.29) is 5.54 Å². The Kier molecular flexibility index (Phi) is 2.06. The molecule has 1 rings (SSSR count). The number of Topliss-reactive ketones (excluding diaryl/α,β-unsaturated/α-hetero) is 1. The molecule has 0 aromatic rings. The van der Waals surface area contributed by atoms with Gasteiger partial charge in [-0.3, -0.25) is 4.79 Å². The van der Waals surface area contributed by atoms with Gasteiger partial charge < -0.3 is 11.1 Å². The summed E-state index contributed by atoms with van der Waals surface area (Å²) in [5.74, 6) is 0.303. The molecule has 0 spiro atoms. The van der Waals surface area contributed by atoms with Crippen LogP contribution in [0.15, 0.2) is 0 Å². The zero-order valence-corrected chi connectivity index (χ0v) is 6.31. The van der Waals surface area contributed by atoms with E-state index in [0.717, 1.165) is 13.0 Å². The van der Waals surface area contributed by atoms with E-state index in [0.29, 0.717) is 18.6 Å². The van der Waals surface area contributed by atoms with Crippen molar-refractivity contribution in [3.05, 3.63) is 0 Å². The molecule has 0 radical (unpaired) electrons. The van der Waals surface area contributed by atoms with Crippen LogP contribution in [0.5, 0.6) is 0 Å². The van der Waals surface area contributed by atoms with E-state index in [2.05, 4.69) is 5.32 Å². The van der Waals surface area contributed by atoms with Crippen molar-refractivity contribution in [2.75, 3.05) is 13.6 Å². The molecule has 3 heteroatoms. The number of hydrogen-bond acceptors (Lipinski definition) is 3. The molecular formula is C7H14N2O. The molecule has 0 amide bonds. The van der Waals surface area contributed by atoms with Gasteiger partial charge in [-0.2, -0.15) is 0 Å². The molecule has 58 valence electrons. The van der Waals surface area contributed by atoms with Gasteiger partial charge in [-0.1, -0.05) is 0 Å². The fourth-order valence-electron chi connectivity index (χ4n) is 1.46. The Labute approximate surface area is 61.0 Å². The highest BCUT2D eigenvalue weighted by atomic mass is 16.1. The Morgan fingerprint density at radius 2 is 2.50 bits per heavy atom. The predicted molar refractivity (Wildman–Crippen MR) is 39.7 cm³/mol. The molecule has 1 aliphatic rings. The Bertz CT molecular complexity index is 147. The summed E-state index contributed by atoms with van der Waals surface area (Å²) in [6.45, 7) is 0.749. The summed E-state index contributed by atoms with van der Waals surface area (Å²) in [5, 5.41) is 2.99. The zero-order valence-electron chi connectivity index (χ0n) is 6.31. The van der Waals surface area contributed by atoms with Crippen LogP contribution in [0, 0.1) is 0 Å². The zero-order chi connectivity index (χ0) is 7.61. The van der Waals surface area contributed by atoms with Gasteiger partial charge in [0.1, 0.15) is 5.78 Å². The number of ketones is 1. The summed E-state index contributed by atoms with van der Waals surface area (Å²) < 4.78 is 0. The Morgan fingerprint density at radius 1 is 1.80 bits per heavy atom. The maximum atomic E-state index is 10.8. The van der Waals surface area contributed by atoms with Crippen molar-refractivity contribution in [3.63, 3.8) is 0 Å². The van der Waals surface area contributed by atoms with Crippen molar-refractivity contribution < 1.29 is 4.79 Å². The fraction of sp³-hybridized carbons (Fsp3) is 0.857. The van der Waals surface area contributed by atoms with Crippen LogP contribution >= 0.6 is 0 Å². The molecule has 0 aromatic heterocycles. The fourth-order valence-corrected chi connectivity index (χ4v) is 1.46. The average Bonchev–Trinajstić information content (AvgIpc) is 2.12. The molecule has 0 bridgehead atoms. The van der Waals surface area contributed by atoms with Crippen molar-refractivity contribution in [2.45, 2.75) is 24.8 Å². The quantitative estimate of drug-likeness (QED) is 0.554. The van der Waals surface area contributed by atoms with Gasteiger partial charge in [0, 0.05) is 24.9 Å². The van der Waals surface area contributed by atoms with Crippen LogP contribution in [0.3, 0.4) is 0 Å². The predicted octanol–water partition coefficient (Wildman–Crippen LogP) is -0.344. The van der Waals surface area contributed by atoms with Gasteiger partial charge in [-0.15, -0.1) is 0 Å². The molecule has 1 atom stereocenters. The number of rotatable bonds is 2. The van der Waals surface area contributed by atoms with E-state index in [1.165, 1.54) is 0 Å². The molecular weight excluding hydrogens is 128 g/mol. The van der Waals surface area contributed by atoms with Gasteiger partial charge in [0.15, 0.2) is 0 Å². The highest BCUT2D eigenvalue weighted by Crippen LogP contribution is 2.23. The Balaban J connectivity index is 2.46. The minimum atomic E-state index is -0.244. The van der Waals surface area contributed by atoms with Crippen LogP contribution < -0.4 is 11.1 Å². The van der Waals surface area contributed by atoms with Crippen LogP contribution in [0.1, 0.15) is 19.3 Å². The second kappa shape index (κ2) is 2.68. The molecule has 1 fully saturated rings. The lowest BCUT2D eigenvalue weighted by Crippen LogP contribution is -2.45.